The summed E-state index contributed by atoms with van der Waals surface area (Å²) >= 11 is 0. The van der Waals surface area contributed by atoms with Gasteiger partial charge in [-0.3, -0.25) is 19.6 Å². The minimum absolute atomic E-state index is 0.162. The Hall–Kier alpha value is -3.97. The van der Waals surface area contributed by atoms with E-state index in [0.29, 0.717) is 32.2 Å². The van der Waals surface area contributed by atoms with Crippen molar-refractivity contribution in [3.63, 3.8) is 0 Å². The fourth-order valence-corrected chi connectivity index (χ4v) is 4.54. The Kier molecular flexibility index (Phi) is 12.2. The lowest BCUT2D eigenvalue weighted by Crippen LogP contribution is -2.50. The van der Waals surface area contributed by atoms with Crippen LogP contribution < -0.4 is 16.1 Å². The van der Waals surface area contributed by atoms with Crippen LogP contribution in [0.4, 0.5) is 0 Å². The van der Waals surface area contributed by atoms with Crippen LogP contribution in [0.2, 0.25) is 0 Å². The lowest BCUT2D eigenvalue weighted by atomic mass is 9.94. The lowest BCUT2D eigenvalue weighted by Gasteiger charge is -2.22. The van der Waals surface area contributed by atoms with Crippen molar-refractivity contribution in [1.29, 1.82) is 0 Å². The van der Waals surface area contributed by atoms with Gasteiger partial charge in [0.2, 0.25) is 17.7 Å². The first-order chi connectivity index (χ1) is 19.0. The zero-order valence-electron chi connectivity index (χ0n) is 22.6. The summed E-state index contributed by atoms with van der Waals surface area (Å²) in [7, 11) is 0. The monoisotopic (exact) mass is 529 g/mol. The predicted octanol–water partition coefficient (Wildman–Crippen LogP) is 4.17. The van der Waals surface area contributed by atoms with Crippen molar-refractivity contribution >= 4 is 17.7 Å². The number of hydrogen-bond acceptors (Lipinski definition) is 4. The van der Waals surface area contributed by atoms with Gasteiger partial charge in [-0.1, -0.05) is 91.9 Å². The van der Waals surface area contributed by atoms with Crippen molar-refractivity contribution < 1.29 is 19.6 Å². The molecule has 7 heteroatoms. The van der Waals surface area contributed by atoms with Gasteiger partial charge in [0.05, 0.1) is 0 Å². The molecule has 7 nitrogen and oxygen atoms in total. The average molecular weight is 530 g/mol. The molecule has 0 unspecified atom stereocenters. The van der Waals surface area contributed by atoms with Gasteiger partial charge in [0, 0.05) is 25.3 Å². The predicted molar refractivity (Wildman–Crippen MR) is 152 cm³/mol. The largest absolute Gasteiger partial charge is 0.354 e. The highest BCUT2D eigenvalue weighted by Crippen LogP contribution is 2.17. The van der Waals surface area contributed by atoms with E-state index in [1.807, 2.05) is 60.7 Å². The third-order valence-corrected chi connectivity index (χ3v) is 6.85. The number of hydroxylamine groups is 1. The molecular formula is C32H39N3O4. The van der Waals surface area contributed by atoms with Crippen molar-refractivity contribution in [3.8, 4) is 0 Å². The molecule has 2 atom stereocenters. The van der Waals surface area contributed by atoms with E-state index in [-0.39, 0.29) is 18.2 Å². The van der Waals surface area contributed by atoms with Crippen molar-refractivity contribution in [1.82, 2.24) is 16.1 Å². The summed E-state index contributed by atoms with van der Waals surface area (Å²) in [5.74, 6) is -1.96. The van der Waals surface area contributed by atoms with Gasteiger partial charge in [-0.2, -0.15) is 0 Å². The van der Waals surface area contributed by atoms with Crippen LogP contribution in [0, 0.1) is 5.92 Å². The van der Waals surface area contributed by atoms with E-state index < -0.39 is 17.9 Å². The normalized spacial score (nSPS) is 12.3. The minimum Gasteiger partial charge on any atom is -0.354 e. The first-order valence-corrected chi connectivity index (χ1v) is 13.6. The van der Waals surface area contributed by atoms with Crippen molar-refractivity contribution in [3.05, 3.63) is 107 Å². The Morgan fingerprint density at radius 3 is 1.95 bits per heavy atom. The summed E-state index contributed by atoms with van der Waals surface area (Å²) in [6.07, 6.45) is 3.72. The van der Waals surface area contributed by atoms with Gasteiger partial charge < -0.3 is 10.6 Å². The number of carbonyl (C=O) groups is 3. The highest BCUT2D eigenvalue weighted by molar-refractivity contribution is 5.90. The summed E-state index contributed by atoms with van der Waals surface area (Å²) in [5, 5.41) is 14.9. The second-order valence-electron chi connectivity index (χ2n) is 9.78. The van der Waals surface area contributed by atoms with Crippen LogP contribution in [-0.2, 0) is 40.1 Å². The number of benzene rings is 3. The van der Waals surface area contributed by atoms with Crippen LogP contribution in [0.5, 0.6) is 0 Å². The highest BCUT2D eigenvalue weighted by atomic mass is 16.5. The van der Waals surface area contributed by atoms with Gasteiger partial charge in [0.25, 0.3) is 0 Å². The number of amides is 3. The summed E-state index contributed by atoms with van der Waals surface area (Å²) < 4.78 is 0. The molecule has 0 saturated heterocycles. The van der Waals surface area contributed by atoms with Gasteiger partial charge in [-0.15, -0.1) is 0 Å². The van der Waals surface area contributed by atoms with E-state index in [9.17, 15) is 14.4 Å². The molecule has 0 spiro atoms. The first-order valence-electron chi connectivity index (χ1n) is 13.6. The van der Waals surface area contributed by atoms with E-state index in [1.54, 1.807) is 5.48 Å². The summed E-state index contributed by atoms with van der Waals surface area (Å²) in [4.78, 5) is 38.5. The maximum absolute atomic E-state index is 13.4. The van der Waals surface area contributed by atoms with Crippen LogP contribution in [-0.4, -0.2) is 35.5 Å². The molecule has 4 N–H and O–H groups in total. The minimum atomic E-state index is -0.794. The van der Waals surface area contributed by atoms with Gasteiger partial charge in [-0.25, -0.2) is 5.48 Å². The zero-order valence-corrected chi connectivity index (χ0v) is 22.6. The van der Waals surface area contributed by atoms with Crippen molar-refractivity contribution in [2.45, 2.75) is 57.9 Å². The molecule has 3 aromatic carbocycles. The smallest absolute Gasteiger partial charge is 0.244 e. The standard InChI is InChI=1S/C32H39N3O4/c1-2-24-16-18-26(19-17-24)14-9-15-28(23-30(36)35-39)31(37)34-29(22-27-12-7-4-8-13-27)32(38)33-21-20-25-10-5-3-6-11-25/h3-8,10-13,16-19,28-29,39H,2,9,14-15,20-23H2,1H3,(H,33,38)(H,34,37)(H,35,36)/t28-,29+/m1/s1. The molecule has 0 aliphatic carbocycles. The Labute approximate surface area is 231 Å². The third kappa shape index (κ3) is 10.4. The van der Waals surface area contributed by atoms with Crippen LogP contribution in [0.15, 0.2) is 84.9 Å². The van der Waals surface area contributed by atoms with E-state index >= 15 is 0 Å². The Morgan fingerprint density at radius 1 is 0.744 bits per heavy atom. The molecule has 0 saturated carbocycles. The second-order valence-corrected chi connectivity index (χ2v) is 9.78. The molecule has 39 heavy (non-hydrogen) atoms. The number of rotatable bonds is 15. The highest BCUT2D eigenvalue weighted by Gasteiger charge is 2.27. The van der Waals surface area contributed by atoms with Crippen LogP contribution in [0.25, 0.3) is 0 Å². The van der Waals surface area contributed by atoms with E-state index in [2.05, 4.69) is 41.8 Å². The van der Waals surface area contributed by atoms with E-state index in [0.717, 1.165) is 29.5 Å². The second kappa shape index (κ2) is 16.1. The van der Waals surface area contributed by atoms with Gasteiger partial charge in [0.15, 0.2) is 0 Å². The third-order valence-electron chi connectivity index (χ3n) is 6.85. The number of aryl methyl sites for hydroxylation is 2. The SMILES string of the molecule is CCc1ccc(CCC[C@H](CC(=O)NO)C(=O)N[C@@H](Cc2ccccc2)C(=O)NCCc2ccccc2)cc1. The van der Waals surface area contributed by atoms with Crippen molar-refractivity contribution in [2.75, 3.05) is 6.54 Å². The molecule has 0 radical (unpaired) electrons. The Balaban J connectivity index is 1.64. The molecule has 3 amide bonds. The number of carbonyl (C=O) groups excluding carboxylic acids is 3. The molecule has 0 fully saturated rings. The summed E-state index contributed by atoms with van der Waals surface area (Å²) in [6.45, 7) is 2.55. The van der Waals surface area contributed by atoms with Gasteiger partial charge in [0.1, 0.15) is 6.04 Å². The first kappa shape index (κ1) is 29.6. The fraction of sp³-hybridized carbons (Fsp3) is 0.344. The lowest BCUT2D eigenvalue weighted by molar-refractivity contribution is -0.136. The molecule has 0 heterocycles. The molecular weight excluding hydrogens is 490 g/mol. The molecule has 3 aromatic rings. The zero-order chi connectivity index (χ0) is 27.9. The van der Waals surface area contributed by atoms with Gasteiger partial charge in [-0.05, 0) is 54.4 Å². The summed E-state index contributed by atoms with van der Waals surface area (Å²) in [6, 6.07) is 27.0. The van der Waals surface area contributed by atoms with E-state index in [4.69, 9.17) is 5.21 Å². The fourth-order valence-electron chi connectivity index (χ4n) is 4.54. The van der Waals surface area contributed by atoms with Crippen LogP contribution in [0.3, 0.4) is 0 Å². The summed E-state index contributed by atoms with van der Waals surface area (Å²) in [5.41, 5.74) is 6.09. The van der Waals surface area contributed by atoms with Gasteiger partial charge >= 0.3 is 0 Å². The Morgan fingerprint density at radius 2 is 1.33 bits per heavy atom. The molecule has 0 aliphatic heterocycles. The maximum Gasteiger partial charge on any atom is 0.244 e. The molecule has 3 rings (SSSR count). The number of hydrogen-bond donors (Lipinski definition) is 4. The van der Waals surface area contributed by atoms with E-state index in [1.165, 1.54) is 5.56 Å². The van der Waals surface area contributed by atoms with Crippen molar-refractivity contribution in [2.24, 2.45) is 5.92 Å². The van der Waals surface area contributed by atoms with Crippen LogP contribution >= 0.6 is 0 Å². The van der Waals surface area contributed by atoms with Crippen LogP contribution in [0.1, 0.15) is 48.4 Å². The Bertz CT molecular complexity index is 1170. The number of nitrogens with one attached hydrogen (secondary N) is 3. The quantitative estimate of drug-likeness (QED) is 0.175. The topological polar surface area (TPSA) is 108 Å². The maximum atomic E-state index is 13.4. The molecule has 0 aromatic heterocycles. The molecule has 0 aliphatic rings. The molecule has 0 bridgehead atoms. The molecule has 206 valence electrons. The average Bonchev–Trinajstić information content (AvgIpc) is 2.97.